The van der Waals surface area contributed by atoms with Crippen LogP contribution in [0.2, 0.25) is 0 Å². The van der Waals surface area contributed by atoms with Gasteiger partial charge in [-0.25, -0.2) is 0 Å². The fraction of sp³-hybridized carbons (Fsp3) is 1.00. The summed E-state index contributed by atoms with van der Waals surface area (Å²) in [6.45, 7) is 4.72. The molecule has 0 aromatic rings. The summed E-state index contributed by atoms with van der Waals surface area (Å²) in [5, 5.41) is 6.99. The fourth-order valence-electron chi connectivity index (χ4n) is 2.32. The van der Waals surface area contributed by atoms with Gasteiger partial charge in [-0.15, -0.1) is 0 Å². The standard InChI is InChI=1S/C11H22N2O2/c1-14-11(4-6-15-9-11)8-13-10-3-2-5-12-7-10/h10,12-13H,2-9H2,1H3. The maximum Gasteiger partial charge on any atom is 0.106 e. The van der Waals surface area contributed by atoms with E-state index < -0.39 is 0 Å². The Labute approximate surface area is 91.7 Å². The van der Waals surface area contributed by atoms with Crippen molar-refractivity contribution in [3.05, 3.63) is 0 Å². The summed E-state index contributed by atoms with van der Waals surface area (Å²) in [5.41, 5.74) is -0.0720. The lowest BCUT2D eigenvalue weighted by atomic mass is 10.0. The Morgan fingerprint density at radius 1 is 1.60 bits per heavy atom. The molecule has 15 heavy (non-hydrogen) atoms. The van der Waals surface area contributed by atoms with Gasteiger partial charge in [0.2, 0.25) is 0 Å². The second kappa shape index (κ2) is 5.25. The molecule has 2 unspecified atom stereocenters. The maximum absolute atomic E-state index is 5.58. The largest absolute Gasteiger partial charge is 0.378 e. The molecule has 4 heteroatoms. The molecule has 2 heterocycles. The molecule has 0 aromatic heterocycles. The van der Waals surface area contributed by atoms with Gasteiger partial charge >= 0.3 is 0 Å². The summed E-state index contributed by atoms with van der Waals surface area (Å²) in [6, 6.07) is 0.603. The van der Waals surface area contributed by atoms with Gasteiger partial charge in [0.05, 0.1) is 6.61 Å². The normalized spacial score (nSPS) is 37.0. The van der Waals surface area contributed by atoms with E-state index in [1.807, 2.05) is 0 Å². The van der Waals surface area contributed by atoms with Crippen molar-refractivity contribution in [2.24, 2.45) is 0 Å². The number of hydrogen-bond donors (Lipinski definition) is 2. The van der Waals surface area contributed by atoms with Crippen LogP contribution in [0.3, 0.4) is 0 Å². The van der Waals surface area contributed by atoms with Gasteiger partial charge in [-0.2, -0.15) is 0 Å². The Morgan fingerprint density at radius 2 is 2.53 bits per heavy atom. The second-order valence-corrected chi connectivity index (χ2v) is 4.61. The van der Waals surface area contributed by atoms with Crippen LogP contribution in [-0.4, -0.2) is 51.6 Å². The minimum Gasteiger partial charge on any atom is -0.378 e. The first-order valence-corrected chi connectivity index (χ1v) is 5.92. The Balaban J connectivity index is 1.75. The van der Waals surface area contributed by atoms with Crippen LogP contribution < -0.4 is 10.6 Å². The van der Waals surface area contributed by atoms with Crippen LogP contribution in [0.1, 0.15) is 19.3 Å². The summed E-state index contributed by atoms with van der Waals surface area (Å²) in [6.07, 6.45) is 3.55. The van der Waals surface area contributed by atoms with Gasteiger partial charge in [0.25, 0.3) is 0 Å². The van der Waals surface area contributed by atoms with Crippen molar-refractivity contribution >= 4 is 0 Å². The van der Waals surface area contributed by atoms with E-state index in [9.17, 15) is 0 Å². The number of piperidine rings is 1. The van der Waals surface area contributed by atoms with Crippen LogP contribution in [-0.2, 0) is 9.47 Å². The Hall–Kier alpha value is -0.160. The van der Waals surface area contributed by atoms with Gasteiger partial charge in [-0.05, 0) is 19.4 Å². The van der Waals surface area contributed by atoms with Crippen molar-refractivity contribution in [1.82, 2.24) is 10.6 Å². The number of rotatable bonds is 4. The molecule has 0 spiro atoms. The van der Waals surface area contributed by atoms with Crippen LogP contribution in [0.4, 0.5) is 0 Å². The Kier molecular flexibility index (Phi) is 3.97. The molecule has 88 valence electrons. The average molecular weight is 214 g/mol. The average Bonchev–Trinajstić information content (AvgIpc) is 2.77. The Bertz CT molecular complexity index is 187. The van der Waals surface area contributed by atoms with Crippen molar-refractivity contribution in [2.45, 2.75) is 30.9 Å². The zero-order valence-electron chi connectivity index (χ0n) is 9.55. The quantitative estimate of drug-likeness (QED) is 0.698. The molecular weight excluding hydrogens is 192 g/mol. The van der Waals surface area contributed by atoms with E-state index in [0.29, 0.717) is 6.04 Å². The van der Waals surface area contributed by atoms with Crippen molar-refractivity contribution in [3.63, 3.8) is 0 Å². The van der Waals surface area contributed by atoms with Crippen molar-refractivity contribution in [2.75, 3.05) is 40.0 Å². The molecule has 2 aliphatic heterocycles. The van der Waals surface area contributed by atoms with Crippen LogP contribution in [0.5, 0.6) is 0 Å². The van der Waals surface area contributed by atoms with Crippen molar-refractivity contribution < 1.29 is 9.47 Å². The molecular formula is C11H22N2O2. The van der Waals surface area contributed by atoms with Crippen LogP contribution in [0.25, 0.3) is 0 Å². The summed E-state index contributed by atoms with van der Waals surface area (Å²) >= 11 is 0. The molecule has 0 saturated carbocycles. The monoisotopic (exact) mass is 214 g/mol. The van der Waals surface area contributed by atoms with Crippen LogP contribution >= 0.6 is 0 Å². The first-order valence-electron chi connectivity index (χ1n) is 5.92. The third-order valence-electron chi connectivity index (χ3n) is 3.51. The highest BCUT2D eigenvalue weighted by Crippen LogP contribution is 2.21. The van der Waals surface area contributed by atoms with Crippen molar-refractivity contribution in [3.8, 4) is 0 Å². The SMILES string of the molecule is COC1(CNC2CCCNC2)CCOC1. The van der Waals surface area contributed by atoms with E-state index in [2.05, 4.69) is 10.6 Å². The minimum atomic E-state index is -0.0720. The molecule has 0 aromatic carbocycles. The first-order chi connectivity index (χ1) is 7.35. The highest BCUT2D eigenvalue weighted by Gasteiger charge is 2.35. The summed E-state index contributed by atoms with van der Waals surface area (Å²) in [4.78, 5) is 0. The topological polar surface area (TPSA) is 42.5 Å². The molecule has 2 atom stereocenters. The molecule has 0 aliphatic carbocycles. The lowest BCUT2D eigenvalue weighted by molar-refractivity contribution is -0.0178. The van der Waals surface area contributed by atoms with Crippen molar-refractivity contribution in [1.29, 1.82) is 0 Å². The zero-order valence-corrected chi connectivity index (χ0v) is 9.55. The van der Waals surface area contributed by atoms with E-state index in [0.717, 1.165) is 39.3 Å². The predicted molar refractivity (Wildman–Crippen MR) is 59.1 cm³/mol. The molecule has 2 aliphatic rings. The van der Waals surface area contributed by atoms with Crippen LogP contribution in [0.15, 0.2) is 0 Å². The maximum atomic E-state index is 5.58. The smallest absolute Gasteiger partial charge is 0.106 e. The summed E-state index contributed by atoms with van der Waals surface area (Å²) in [5.74, 6) is 0. The van der Waals surface area contributed by atoms with Gasteiger partial charge in [0.15, 0.2) is 0 Å². The van der Waals surface area contributed by atoms with E-state index in [1.54, 1.807) is 7.11 Å². The minimum absolute atomic E-state index is 0.0720. The molecule has 0 bridgehead atoms. The number of methoxy groups -OCH3 is 1. The van der Waals surface area contributed by atoms with Gasteiger partial charge in [0, 0.05) is 39.3 Å². The van der Waals surface area contributed by atoms with E-state index >= 15 is 0 Å². The molecule has 0 radical (unpaired) electrons. The lowest BCUT2D eigenvalue weighted by Crippen LogP contribution is -2.50. The first kappa shape index (κ1) is 11.3. The summed E-state index contributed by atoms with van der Waals surface area (Å²) < 4.78 is 11.0. The zero-order chi connectivity index (χ0) is 10.6. The van der Waals surface area contributed by atoms with E-state index in [1.165, 1.54) is 12.8 Å². The Morgan fingerprint density at radius 3 is 3.13 bits per heavy atom. The molecule has 0 amide bonds. The number of hydrogen-bond acceptors (Lipinski definition) is 4. The number of nitrogens with one attached hydrogen (secondary N) is 2. The highest BCUT2D eigenvalue weighted by molar-refractivity contribution is 4.89. The van der Waals surface area contributed by atoms with Gasteiger partial charge in [-0.3, -0.25) is 0 Å². The van der Waals surface area contributed by atoms with Gasteiger partial charge in [0.1, 0.15) is 5.60 Å². The number of ether oxygens (including phenoxy) is 2. The second-order valence-electron chi connectivity index (χ2n) is 4.61. The summed E-state index contributed by atoms with van der Waals surface area (Å²) in [7, 11) is 1.79. The third-order valence-corrected chi connectivity index (χ3v) is 3.51. The molecule has 2 saturated heterocycles. The van der Waals surface area contributed by atoms with E-state index in [-0.39, 0.29) is 5.60 Å². The van der Waals surface area contributed by atoms with Gasteiger partial charge < -0.3 is 20.1 Å². The highest BCUT2D eigenvalue weighted by atomic mass is 16.5. The molecule has 2 fully saturated rings. The van der Waals surface area contributed by atoms with E-state index in [4.69, 9.17) is 9.47 Å². The molecule has 2 N–H and O–H groups in total. The lowest BCUT2D eigenvalue weighted by Gasteiger charge is -2.31. The predicted octanol–water partition coefficient (Wildman–Crippen LogP) is 0.134. The van der Waals surface area contributed by atoms with Crippen LogP contribution in [0, 0.1) is 0 Å². The molecule has 4 nitrogen and oxygen atoms in total. The van der Waals surface area contributed by atoms with Gasteiger partial charge in [-0.1, -0.05) is 0 Å². The molecule has 2 rings (SSSR count). The third kappa shape index (κ3) is 2.91. The fourth-order valence-corrected chi connectivity index (χ4v) is 2.32.